The number of hydrogen-bond acceptors (Lipinski definition) is 2. The van der Waals surface area contributed by atoms with Crippen molar-refractivity contribution >= 4 is 17.3 Å². The van der Waals surface area contributed by atoms with Gasteiger partial charge in [-0.15, -0.1) is 0 Å². The van der Waals surface area contributed by atoms with E-state index >= 15 is 0 Å². The molecule has 1 atom stereocenters. The van der Waals surface area contributed by atoms with Crippen LogP contribution in [-0.2, 0) is 5.41 Å². The van der Waals surface area contributed by atoms with Crippen LogP contribution >= 0.6 is 12.2 Å². The summed E-state index contributed by atoms with van der Waals surface area (Å²) >= 11 is 4.93. The Bertz CT molecular complexity index is 519. The lowest BCUT2D eigenvalue weighted by molar-refractivity contribution is 0.460. The van der Waals surface area contributed by atoms with Gasteiger partial charge in [0.15, 0.2) is 5.11 Å². The monoisotopic (exact) mass is 285 g/mol. The number of nitrogens with two attached hydrogens (primary N) is 1. The Morgan fingerprint density at radius 1 is 1.42 bits per heavy atom. The van der Waals surface area contributed by atoms with E-state index in [1.807, 2.05) is 0 Å². The third kappa shape index (κ3) is 2.42. The van der Waals surface area contributed by atoms with Crippen LogP contribution in [0.15, 0.2) is 18.2 Å². The molecule has 1 fully saturated rings. The fourth-order valence-corrected chi connectivity index (χ4v) is 2.80. The molecule has 0 bridgehead atoms. The molecular weight excluding hydrogens is 268 g/mol. The van der Waals surface area contributed by atoms with Gasteiger partial charge in [0.1, 0.15) is 11.6 Å². The summed E-state index contributed by atoms with van der Waals surface area (Å²) in [7, 11) is 0. The Hall–Kier alpha value is -1.27. The maximum Gasteiger partial charge on any atom is 0.180 e. The third-order valence-electron chi connectivity index (χ3n) is 4.04. The number of hydrogen-bond donors (Lipinski definition) is 3. The van der Waals surface area contributed by atoms with Gasteiger partial charge in [0.2, 0.25) is 0 Å². The Morgan fingerprint density at radius 3 is 2.53 bits per heavy atom. The van der Waals surface area contributed by atoms with E-state index in [4.69, 9.17) is 18.1 Å². The van der Waals surface area contributed by atoms with Crippen LogP contribution in [0, 0.1) is 17.0 Å². The van der Waals surface area contributed by atoms with Crippen LogP contribution in [0.3, 0.4) is 0 Å². The van der Waals surface area contributed by atoms with Crippen LogP contribution in [-0.4, -0.2) is 11.7 Å². The largest absolute Gasteiger partial charge is 0.361 e. The van der Waals surface area contributed by atoms with Gasteiger partial charge in [-0.05, 0) is 35.7 Å². The molecule has 1 aliphatic rings. The van der Waals surface area contributed by atoms with Gasteiger partial charge in [-0.2, -0.15) is 0 Å². The Balaban J connectivity index is 2.28. The first-order chi connectivity index (χ1) is 8.82. The third-order valence-corrected chi connectivity index (χ3v) is 4.30. The minimum absolute atomic E-state index is 0.0666. The van der Waals surface area contributed by atoms with Gasteiger partial charge >= 0.3 is 0 Å². The van der Waals surface area contributed by atoms with Crippen LogP contribution < -0.4 is 16.6 Å². The molecule has 2 rings (SSSR count). The van der Waals surface area contributed by atoms with Crippen LogP contribution in [0.25, 0.3) is 0 Å². The van der Waals surface area contributed by atoms with E-state index in [9.17, 15) is 8.78 Å². The quantitative estimate of drug-likeness (QED) is 0.451. The minimum atomic E-state index is -0.568. The lowest BCUT2D eigenvalue weighted by Crippen LogP contribution is -2.44. The first kappa shape index (κ1) is 14.1. The Kier molecular flexibility index (Phi) is 3.49. The fraction of sp³-hybridized carbons (Fsp3) is 0.462. The van der Waals surface area contributed by atoms with Gasteiger partial charge in [0, 0.05) is 18.0 Å². The topological polar surface area (TPSA) is 50.1 Å². The van der Waals surface area contributed by atoms with E-state index < -0.39 is 11.6 Å². The van der Waals surface area contributed by atoms with E-state index in [-0.39, 0.29) is 10.8 Å². The lowest BCUT2D eigenvalue weighted by atomic mass is 9.87. The second-order valence-corrected chi connectivity index (χ2v) is 6.00. The summed E-state index contributed by atoms with van der Waals surface area (Å²) in [5.41, 5.74) is 2.40. The highest BCUT2D eigenvalue weighted by molar-refractivity contribution is 7.80. The number of nitrogens with one attached hydrogen (secondary N) is 2. The maximum atomic E-state index is 14.0. The number of benzene rings is 1. The first-order valence-corrected chi connectivity index (χ1v) is 6.43. The SMILES string of the molecule is CC1(C)CC1(CNC(=S)NN)c1ccc(F)cc1F. The normalized spacial score (nSPS) is 23.8. The molecule has 0 aromatic heterocycles. The zero-order valence-electron chi connectivity index (χ0n) is 10.9. The average Bonchev–Trinajstić information content (AvgIpc) is 2.89. The molecule has 1 unspecified atom stereocenters. The summed E-state index contributed by atoms with van der Waals surface area (Å²) in [6, 6.07) is 3.72. The van der Waals surface area contributed by atoms with Gasteiger partial charge < -0.3 is 10.7 Å². The molecule has 1 aromatic carbocycles. The maximum absolute atomic E-state index is 14.0. The number of thiocarbonyl (C=S) groups is 1. The highest BCUT2D eigenvalue weighted by Gasteiger charge is 2.62. The molecule has 6 heteroatoms. The van der Waals surface area contributed by atoms with Crippen molar-refractivity contribution in [2.24, 2.45) is 11.3 Å². The highest BCUT2D eigenvalue weighted by atomic mass is 32.1. The predicted octanol–water partition coefficient (Wildman–Crippen LogP) is 1.97. The van der Waals surface area contributed by atoms with Gasteiger partial charge in [0.05, 0.1) is 0 Å². The molecule has 0 saturated heterocycles. The Labute approximate surface area is 116 Å². The van der Waals surface area contributed by atoms with Crippen molar-refractivity contribution in [1.82, 2.24) is 10.7 Å². The number of hydrazine groups is 1. The predicted molar refractivity (Wildman–Crippen MR) is 74.4 cm³/mol. The van der Waals surface area contributed by atoms with Gasteiger partial charge in [-0.3, -0.25) is 0 Å². The molecule has 0 amide bonds. The van der Waals surface area contributed by atoms with E-state index in [1.165, 1.54) is 12.1 Å². The summed E-state index contributed by atoms with van der Waals surface area (Å²) in [5.74, 6) is 4.12. The molecule has 1 aromatic rings. The van der Waals surface area contributed by atoms with Crippen molar-refractivity contribution in [3.63, 3.8) is 0 Å². The minimum Gasteiger partial charge on any atom is -0.361 e. The molecular formula is C13H17F2N3S. The molecule has 0 heterocycles. The van der Waals surface area contributed by atoms with Crippen molar-refractivity contribution in [2.45, 2.75) is 25.7 Å². The smallest absolute Gasteiger partial charge is 0.180 e. The van der Waals surface area contributed by atoms with E-state index in [0.29, 0.717) is 17.2 Å². The molecule has 104 valence electrons. The Morgan fingerprint density at radius 2 is 2.05 bits per heavy atom. The van der Waals surface area contributed by atoms with Crippen LogP contribution in [0.2, 0.25) is 0 Å². The zero-order valence-corrected chi connectivity index (χ0v) is 11.7. The summed E-state index contributed by atoms with van der Waals surface area (Å²) in [6.07, 6.45) is 0.808. The van der Waals surface area contributed by atoms with Crippen molar-refractivity contribution in [3.05, 3.63) is 35.4 Å². The summed E-state index contributed by atoms with van der Waals surface area (Å²) in [4.78, 5) is 0. The number of rotatable bonds is 3. The summed E-state index contributed by atoms with van der Waals surface area (Å²) < 4.78 is 27.0. The van der Waals surface area contributed by atoms with Crippen LogP contribution in [0.5, 0.6) is 0 Å². The number of halogens is 2. The molecule has 0 aliphatic heterocycles. The van der Waals surface area contributed by atoms with Gasteiger partial charge in [-0.25, -0.2) is 14.6 Å². The molecule has 4 N–H and O–H groups in total. The van der Waals surface area contributed by atoms with Crippen LogP contribution in [0.1, 0.15) is 25.8 Å². The highest BCUT2D eigenvalue weighted by Crippen LogP contribution is 2.64. The first-order valence-electron chi connectivity index (χ1n) is 6.02. The lowest BCUT2D eigenvalue weighted by Gasteiger charge is -2.23. The fourth-order valence-electron chi connectivity index (χ4n) is 2.73. The van der Waals surface area contributed by atoms with Crippen molar-refractivity contribution in [1.29, 1.82) is 0 Å². The van der Waals surface area contributed by atoms with E-state index in [2.05, 4.69) is 24.6 Å². The average molecular weight is 285 g/mol. The standard InChI is InChI=1S/C13H17F2N3S/c1-12(2)6-13(12,7-17-11(19)18-16)9-4-3-8(14)5-10(9)15/h3-5H,6-7,16H2,1-2H3,(H2,17,18,19). The molecule has 19 heavy (non-hydrogen) atoms. The molecule has 0 spiro atoms. The van der Waals surface area contributed by atoms with Crippen molar-refractivity contribution in [2.75, 3.05) is 6.54 Å². The summed E-state index contributed by atoms with van der Waals surface area (Å²) in [6.45, 7) is 4.57. The molecule has 3 nitrogen and oxygen atoms in total. The van der Waals surface area contributed by atoms with E-state index in [1.54, 1.807) is 0 Å². The van der Waals surface area contributed by atoms with Gasteiger partial charge in [-0.1, -0.05) is 19.9 Å². The second kappa shape index (κ2) is 4.68. The second-order valence-electron chi connectivity index (χ2n) is 5.59. The van der Waals surface area contributed by atoms with Crippen LogP contribution in [0.4, 0.5) is 8.78 Å². The molecule has 0 radical (unpaired) electrons. The van der Waals surface area contributed by atoms with Gasteiger partial charge in [0.25, 0.3) is 0 Å². The van der Waals surface area contributed by atoms with Crippen molar-refractivity contribution in [3.8, 4) is 0 Å². The van der Waals surface area contributed by atoms with Crippen molar-refractivity contribution < 1.29 is 8.78 Å². The molecule has 1 saturated carbocycles. The van der Waals surface area contributed by atoms with E-state index in [0.717, 1.165) is 12.5 Å². The molecule has 1 aliphatic carbocycles. The summed E-state index contributed by atoms with van der Waals surface area (Å²) in [5, 5.41) is 3.28. The zero-order chi connectivity index (χ0) is 14.3.